The van der Waals surface area contributed by atoms with E-state index >= 15 is 0 Å². The maximum Gasteiger partial charge on any atom is 0.107 e. The number of aryl methyl sites for hydroxylation is 1. The summed E-state index contributed by atoms with van der Waals surface area (Å²) < 4.78 is 0. The molecule has 2 aliphatic carbocycles. The average molecular weight is 305 g/mol. The molecule has 0 radical (unpaired) electrons. The normalized spacial score (nSPS) is 29.9. The zero-order chi connectivity index (χ0) is 14.3. The smallest absolute Gasteiger partial charge is 0.107 e. The molecule has 1 spiro atoms. The van der Waals surface area contributed by atoms with E-state index in [4.69, 9.17) is 4.98 Å². The van der Waals surface area contributed by atoms with Crippen LogP contribution in [0.15, 0.2) is 5.38 Å². The van der Waals surface area contributed by atoms with Crippen LogP contribution in [0, 0.1) is 12.8 Å². The lowest BCUT2D eigenvalue weighted by Gasteiger charge is -2.50. The van der Waals surface area contributed by atoms with Crippen LogP contribution < -0.4 is 5.32 Å². The van der Waals surface area contributed by atoms with E-state index in [9.17, 15) is 0 Å². The minimum absolute atomic E-state index is 0.413. The highest BCUT2D eigenvalue weighted by molar-refractivity contribution is 7.09. The van der Waals surface area contributed by atoms with Crippen LogP contribution in [0.2, 0.25) is 0 Å². The first-order chi connectivity index (χ1) is 10.2. The van der Waals surface area contributed by atoms with E-state index < -0.39 is 0 Å². The summed E-state index contributed by atoms with van der Waals surface area (Å²) in [4.78, 5) is 7.48. The lowest BCUT2D eigenvalue weighted by atomic mass is 9.79. The van der Waals surface area contributed by atoms with E-state index in [0.29, 0.717) is 5.54 Å². The van der Waals surface area contributed by atoms with Crippen LogP contribution in [0.5, 0.6) is 0 Å². The minimum Gasteiger partial charge on any atom is -0.308 e. The van der Waals surface area contributed by atoms with Crippen LogP contribution in [0.3, 0.4) is 0 Å². The van der Waals surface area contributed by atoms with Crippen LogP contribution in [0.1, 0.15) is 55.6 Å². The summed E-state index contributed by atoms with van der Waals surface area (Å²) in [5, 5.41) is 7.47. The van der Waals surface area contributed by atoms with Crippen molar-refractivity contribution in [2.75, 3.05) is 13.1 Å². The largest absolute Gasteiger partial charge is 0.308 e. The summed E-state index contributed by atoms with van der Waals surface area (Å²) in [6.45, 7) is 5.63. The number of rotatable bonds is 3. The van der Waals surface area contributed by atoms with E-state index in [2.05, 4.69) is 22.5 Å². The standard InChI is InChI=1S/C17H27N3S/c1-13-11-21-16(19-13)10-20-12-17(7-3-2-4-8-17)18-9-15(20)14-5-6-14/h11,14-15,18H,2-10,12H2,1H3. The van der Waals surface area contributed by atoms with Crippen molar-refractivity contribution in [1.29, 1.82) is 0 Å². The third kappa shape index (κ3) is 3.03. The predicted octanol–water partition coefficient (Wildman–Crippen LogP) is 3.34. The zero-order valence-electron chi connectivity index (χ0n) is 13.1. The van der Waals surface area contributed by atoms with Gasteiger partial charge in [0, 0.05) is 35.7 Å². The van der Waals surface area contributed by atoms with Crippen molar-refractivity contribution in [2.45, 2.75) is 70.0 Å². The average Bonchev–Trinajstić information content (AvgIpc) is 3.23. The van der Waals surface area contributed by atoms with Crippen LogP contribution >= 0.6 is 11.3 Å². The SMILES string of the molecule is Cc1csc(CN2CC3(CCCCC3)NCC2C2CC2)n1. The van der Waals surface area contributed by atoms with Gasteiger partial charge in [0.25, 0.3) is 0 Å². The first-order valence-corrected chi connectivity index (χ1v) is 9.52. The molecule has 4 rings (SSSR count). The Balaban J connectivity index is 1.50. The molecule has 0 amide bonds. The van der Waals surface area contributed by atoms with Crippen molar-refractivity contribution in [3.05, 3.63) is 16.1 Å². The van der Waals surface area contributed by atoms with E-state index in [1.165, 1.54) is 68.7 Å². The summed E-state index contributed by atoms with van der Waals surface area (Å²) >= 11 is 1.84. The van der Waals surface area contributed by atoms with Gasteiger partial charge < -0.3 is 5.32 Å². The van der Waals surface area contributed by atoms with E-state index in [0.717, 1.165) is 18.5 Å². The molecule has 1 unspecified atom stereocenters. The topological polar surface area (TPSA) is 28.2 Å². The summed E-state index contributed by atoms with van der Waals surface area (Å²) in [6, 6.07) is 0.752. The van der Waals surface area contributed by atoms with Crippen LogP contribution in [-0.2, 0) is 6.54 Å². The highest BCUT2D eigenvalue weighted by atomic mass is 32.1. The van der Waals surface area contributed by atoms with Gasteiger partial charge in [0.05, 0.1) is 6.54 Å². The Morgan fingerprint density at radius 2 is 2.14 bits per heavy atom. The third-order valence-corrected chi connectivity index (χ3v) is 6.59. The van der Waals surface area contributed by atoms with Crippen molar-refractivity contribution in [2.24, 2.45) is 5.92 Å². The molecule has 2 heterocycles. The molecule has 3 fully saturated rings. The number of nitrogens with zero attached hydrogens (tertiary/aromatic N) is 2. The highest BCUT2D eigenvalue weighted by Crippen LogP contribution is 2.40. The van der Waals surface area contributed by atoms with Crippen molar-refractivity contribution < 1.29 is 0 Å². The van der Waals surface area contributed by atoms with Gasteiger partial charge in [-0.05, 0) is 38.5 Å². The lowest BCUT2D eigenvalue weighted by molar-refractivity contribution is 0.0408. The van der Waals surface area contributed by atoms with E-state index in [1.54, 1.807) is 0 Å². The number of hydrogen-bond acceptors (Lipinski definition) is 4. The Morgan fingerprint density at radius 3 is 2.81 bits per heavy atom. The molecule has 0 bridgehead atoms. The summed E-state index contributed by atoms with van der Waals surface area (Å²) in [5.41, 5.74) is 1.59. The Kier molecular flexibility index (Phi) is 3.80. The molecule has 1 atom stereocenters. The van der Waals surface area contributed by atoms with E-state index in [-0.39, 0.29) is 0 Å². The van der Waals surface area contributed by atoms with Crippen molar-refractivity contribution in [3.63, 3.8) is 0 Å². The second-order valence-corrected chi connectivity index (χ2v) is 8.36. The van der Waals surface area contributed by atoms with Crippen molar-refractivity contribution in [1.82, 2.24) is 15.2 Å². The van der Waals surface area contributed by atoms with Crippen LogP contribution in [0.25, 0.3) is 0 Å². The Labute approximate surface area is 132 Å². The first-order valence-electron chi connectivity index (χ1n) is 8.64. The Bertz CT molecular complexity index is 488. The molecule has 21 heavy (non-hydrogen) atoms. The molecule has 1 saturated heterocycles. The number of nitrogens with one attached hydrogen (secondary N) is 1. The fourth-order valence-electron chi connectivity index (χ4n) is 4.34. The molecule has 0 aromatic carbocycles. The van der Waals surface area contributed by atoms with Gasteiger partial charge in [0.2, 0.25) is 0 Å². The van der Waals surface area contributed by atoms with Gasteiger partial charge in [-0.3, -0.25) is 4.90 Å². The molecule has 3 aliphatic rings. The molecular formula is C17H27N3S. The number of thiazole rings is 1. The fourth-order valence-corrected chi connectivity index (χ4v) is 5.14. The van der Waals surface area contributed by atoms with Gasteiger partial charge in [-0.2, -0.15) is 0 Å². The lowest BCUT2D eigenvalue weighted by Crippen LogP contribution is -2.65. The molecule has 116 valence electrons. The van der Waals surface area contributed by atoms with Gasteiger partial charge >= 0.3 is 0 Å². The number of aromatic nitrogens is 1. The van der Waals surface area contributed by atoms with Gasteiger partial charge in [-0.25, -0.2) is 4.98 Å². The Hall–Kier alpha value is -0.450. The van der Waals surface area contributed by atoms with Crippen molar-refractivity contribution in [3.8, 4) is 0 Å². The molecule has 1 N–H and O–H groups in total. The predicted molar refractivity (Wildman–Crippen MR) is 87.6 cm³/mol. The van der Waals surface area contributed by atoms with Crippen molar-refractivity contribution >= 4 is 11.3 Å². The molecular weight excluding hydrogens is 278 g/mol. The van der Waals surface area contributed by atoms with E-state index in [1.807, 2.05) is 11.3 Å². The van der Waals surface area contributed by atoms with Crippen LogP contribution in [0.4, 0.5) is 0 Å². The second kappa shape index (κ2) is 5.64. The molecule has 4 heteroatoms. The maximum absolute atomic E-state index is 4.71. The quantitative estimate of drug-likeness (QED) is 0.928. The number of hydrogen-bond donors (Lipinski definition) is 1. The second-order valence-electron chi connectivity index (χ2n) is 7.41. The monoisotopic (exact) mass is 305 g/mol. The van der Waals surface area contributed by atoms with Gasteiger partial charge in [-0.15, -0.1) is 11.3 Å². The summed E-state index contributed by atoms with van der Waals surface area (Å²) in [7, 11) is 0. The molecule has 3 nitrogen and oxygen atoms in total. The maximum atomic E-state index is 4.71. The molecule has 1 aromatic rings. The van der Waals surface area contributed by atoms with Gasteiger partial charge in [0.1, 0.15) is 5.01 Å². The zero-order valence-corrected chi connectivity index (χ0v) is 13.9. The fraction of sp³-hybridized carbons (Fsp3) is 0.824. The van der Waals surface area contributed by atoms with Gasteiger partial charge in [0.15, 0.2) is 0 Å². The molecule has 1 aromatic heterocycles. The molecule has 1 aliphatic heterocycles. The summed E-state index contributed by atoms with van der Waals surface area (Å²) in [5.74, 6) is 0.944. The highest BCUT2D eigenvalue weighted by Gasteiger charge is 2.44. The number of piperazine rings is 1. The third-order valence-electron chi connectivity index (χ3n) is 5.64. The Morgan fingerprint density at radius 1 is 1.33 bits per heavy atom. The molecule has 2 saturated carbocycles. The van der Waals surface area contributed by atoms with Gasteiger partial charge in [-0.1, -0.05) is 19.3 Å². The minimum atomic E-state index is 0.413. The van der Waals surface area contributed by atoms with Crippen LogP contribution in [-0.4, -0.2) is 34.6 Å². The first kappa shape index (κ1) is 14.2. The summed E-state index contributed by atoms with van der Waals surface area (Å²) in [6.07, 6.45) is 9.87.